The second-order valence-corrected chi connectivity index (χ2v) is 7.28. The smallest absolute Gasteiger partial charge is 0.154 e. The highest BCUT2D eigenvalue weighted by Gasteiger charge is 2.21. The Morgan fingerprint density at radius 2 is 2.13 bits per heavy atom. The van der Waals surface area contributed by atoms with Crippen LogP contribution in [0.2, 0.25) is 0 Å². The topological polar surface area (TPSA) is 94.2 Å². The van der Waals surface area contributed by atoms with Crippen molar-refractivity contribution >= 4 is 11.5 Å². The summed E-state index contributed by atoms with van der Waals surface area (Å²) in [5.74, 6) is 0.920. The van der Waals surface area contributed by atoms with Gasteiger partial charge in [0.1, 0.15) is 28.8 Å². The summed E-state index contributed by atoms with van der Waals surface area (Å²) in [4.78, 5) is 4.41. The standard InChI is InChI=1S/C20H21FN8O/c1-12(15-7-13(21)3-4-18(15)30-2)24-19-5-6-20-23-10-17(29(20)26-19)16-11-28(27-25-16)14-8-22-9-14/h3-7,10-12,14,22H,8-9H2,1-2H3,(H,24,26)/t12-/m1/s1. The van der Waals surface area contributed by atoms with E-state index in [1.54, 1.807) is 23.9 Å². The average Bonchev–Trinajstić information content (AvgIpc) is 3.33. The first-order chi connectivity index (χ1) is 14.6. The van der Waals surface area contributed by atoms with Gasteiger partial charge in [0.15, 0.2) is 5.65 Å². The summed E-state index contributed by atoms with van der Waals surface area (Å²) in [6.07, 6.45) is 3.65. The third-order valence-corrected chi connectivity index (χ3v) is 5.29. The monoisotopic (exact) mass is 408 g/mol. The van der Waals surface area contributed by atoms with Crippen molar-refractivity contribution in [3.8, 4) is 17.1 Å². The Morgan fingerprint density at radius 3 is 2.90 bits per heavy atom. The van der Waals surface area contributed by atoms with E-state index in [2.05, 4.69) is 31.0 Å². The highest BCUT2D eigenvalue weighted by atomic mass is 19.1. The zero-order valence-electron chi connectivity index (χ0n) is 16.6. The number of methoxy groups -OCH3 is 1. The number of nitrogens with zero attached hydrogens (tertiary/aromatic N) is 6. The first-order valence-electron chi connectivity index (χ1n) is 9.70. The van der Waals surface area contributed by atoms with Gasteiger partial charge in [-0.1, -0.05) is 5.21 Å². The molecule has 1 aromatic carbocycles. The summed E-state index contributed by atoms with van der Waals surface area (Å²) >= 11 is 0. The van der Waals surface area contributed by atoms with Crippen molar-refractivity contribution in [2.24, 2.45) is 0 Å². The van der Waals surface area contributed by atoms with Crippen molar-refractivity contribution in [2.75, 3.05) is 25.5 Å². The number of rotatable bonds is 6. The van der Waals surface area contributed by atoms with Crippen molar-refractivity contribution < 1.29 is 9.13 Å². The van der Waals surface area contributed by atoms with Gasteiger partial charge in [0.2, 0.25) is 0 Å². The van der Waals surface area contributed by atoms with E-state index in [-0.39, 0.29) is 11.9 Å². The van der Waals surface area contributed by atoms with Crippen LogP contribution in [0.15, 0.2) is 42.7 Å². The summed E-state index contributed by atoms with van der Waals surface area (Å²) in [5, 5.41) is 19.7. The average molecular weight is 408 g/mol. The van der Waals surface area contributed by atoms with Gasteiger partial charge in [0, 0.05) is 18.7 Å². The van der Waals surface area contributed by atoms with Gasteiger partial charge in [-0.3, -0.25) is 0 Å². The predicted octanol–water partition coefficient (Wildman–Crippen LogP) is 2.45. The highest BCUT2D eigenvalue weighted by molar-refractivity contribution is 5.59. The fraction of sp³-hybridized carbons (Fsp3) is 0.300. The maximum Gasteiger partial charge on any atom is 0.154 e. The van der Waals surface area contributed by atoms with E-state index in [0.29, 0.717) is 34.5 Å². The molecule has 0 aliphatic carbocycles. The molecule has 1 aliphatic heterocycles. The van der Waals surface area contributed by atoms with E-state index in [4.69, 9.17) is 4.74 Å². The van der Waals surface area contributed by atoms with Crippen LogP contribution in [0.5, 0.6) is 5.75 Å². The molecule has 0 amide bonds. The first kappa shape index (κ1) is 18.5. The van der Waals surface area contributed by atoms with E-state index in [1.165, 1.54) is 12.1 Å². The van der Waals surface area contributed by atoms with E-state index >= 15 is 0 Å². The van der Waals surface area contributed by atoms with Crippen LogP contribution >= 0.6 is 0 Å². The summed E-state index contributed by atoms with van der Waals surface area (Å²) in [7, 11) is 1.57. The third-order valence-electron chi connectivity index (χ3n) is 5.29. The minimum Gasteiger partial charge on any atom is -0.496 e. The number of hydrogen-bond donors (Lipinski definition) is 2. The number of hydrogen-bond acceptors (Lipinski definition) is 7. The lowest BCUT2D eigenvalue weighted by Crippen LogP contribution is -2.43. The van der Waals surface area contributed by atoms with Crippen LogP contribution in [0, 0.1) is 5.82 Å². The number of halogens is 1. The molecule has 30 heavy (non-hydrogen) atoms. The molecule has 4 heterocycles. The maximum atomic E-state index is 13.7. The molecule has 1 saturated heterocycles. The Balaban J connectivity index is 1.44. The zero-order valence-corrected chi connectivity index (χ0v) is 16.6. The number of aromatic nitrogens is 6. The number of ether oxygens (including phenoxy) is 1. The highest BCUT2D eigenvalue weighted by Crippen LogP contribution is 2.28. The van der Waals surface area contributed by atoms with Crippen LogP contribution in [0.1, 0.15) is 24.6 Å². The van der Waals surface area contributed by atoms with E-state index < -0.39 is 0 Å². The van der Waals surface area contributed by atoms with Crippen LogP contribution in [-0.2, 0) is 0 Å². The van der Waals surface area contributed by atoms with Crippen LogP contribution in [0.4, 0.5) is 10.2 Å². The number of benzene rings is 1. The van der Waals surface area contributed by atoms with Crippen molar-refractivity contribution in [2.45, 2.75) is 19.0 Å². The molecule has 2 N–H and O–H groups in total. The molecule has 10 heteroatoms. The number of fused-ring (bicyclic) bond motifs is 1. The molecule has 0 spiro atoms. The van der Waals surface area contributed by atoms with Gasteiger partial charge >= 0.3 is 0 Å². The van der Waals surface area contributed by atoms with Gasteiger partial charge in [-0.15, -0.1) is 10.2 Å². The lowest BCUT2D eigenvalue weighted by molar-refractivity contribution is 0.313. The number of imidazole rings is 1. The Kier molecular flexibility index (Phi) is 4.55. The molecule has 4 aromatic rings. The van der Waals surface area contributed by atoms with E-state index in [9.17, 15) is 4.39 Å². The normalized spacial score (nSPS) is 15.2. The van der Waals surface area contributed by atoms with Crippen molar-refractivity contribution in [1.29, 1.82) is 0 Å². The molecule has 0 unspecified atom stereocenters. The second kappa shape index (κ2) is 7.38. The molecular formula is C20H21FN8O. The van der Waals surface area contributed by atoms with Gasteiger partial charge in [-0.25, -0.2) is 18.6 Å². The molecule has 154 valence electrons. The number of nitrogens with one attached hydrogen (secondary N) is 2. The third kappa shape index (κ3) is 3.24. The Bertz CT molecular complexity index is 1200. The second-order valence-electron chi connectivity index (χ2n) is 7.28. The molecule has 1 aliphatic rings. The molecule has 0 radical (unpaired) electrons. The number of anilines is 1. The largest absolute Gasteiger partial charge is 0.496 e. The molecule has 0 saturated carbocycles. The van der Waals surface area contributed by atoms with Crippen molar-refractivity contribution in [1.82, 2.24) is 34.9 Å². The van der Waals surface area contributed by atoms with Gasteiger partial charge in [0.25, 0.3) is 0 Å². The lowest BCUT2D eigenvalue weighted by atomic mass is 10.1. The Hall–Kier alpha value is -3.53. The summed E-state index contributed by atoms with van der Waals surface area (Å²) < 4.78 is 22.7. The minimum absolute atomic E-state index is 0.223. The van der Waals surface area contributed by atoms with E-state index in [1.807, 2.05) is 29.9 Å². The Labute approximate surface area is 171 Å². The first-order valence-corrected chi connectivity index (χ1v) is 9.70. The summed E-state index contributed by atoms with van der Waals surface area (Å²) in [5.41, 5.74) is 2.87. The van der Waals surface area contributed by atoms with Crippen molar-refractivity contribution in [3.05, 3.63) is 54.1 Å². The minimum atomic E-state index is -0.315. The fourth-order valence-corrected chi connectivity index (χ4v) is 3.50. The summed E-state index contributed by atoms with van der Waals surface area (Å²) in [6.45, 7) is 3.71. The van der Waals surface area contributed by atoms with E-state index in [0.717, 1.165) is 18.8 Å². The van der Waals surface area contributed by atoms with Crippen LogP contribution < -0.4 is 15.4 Å². The quantitative estimate of drug-likeness (QED) is 0.506. The lowest BCUT2D eigenvalue weighted by Gasteiger charge is -2.26. The molecule has 1 fully saturated rings. The SMILES string of the molecule is COc1ccc(F)cc1[C@@H](C)Nc1ccc2ncc(-c3cn(C4CNC4)nn3)n2n1. The van der Waals surface area contributed by atoms with Crippen LogP contribution in [-0.4, -0.2) is 49.8 Å². The fourth-order valence-electron chi connectivity index (χ4n) is 3.50. The maximum absolute atomic E-state index is 13.7. The molecule has 5 rings (SSSR count). The van der Waals surface area contributed by atoms with Gasteiger partial charge < -0.3 is 15.4 Å². The summed E-state index contributed by atoms with van der Waals surface area (Å²) in [6, 6.07) is 8.28. The van der Waals surface area contributed by atoms with Gasteiger partial charge in [0.05, 0.1) is 31.6 Å². The van der Waals surface area contributed by atoms with Gasteiger partial charge in [-0.2, -0.15) is 0 Å². The molecule has 3 aromatic heterocycles. The predicted molar refractivity (Wildman–Crippen MR) is 109 cm³/mol. The molecule has 0 bridgehead atoms. The van der Waals surface area contributed by atoms with Gasteiger partial charge in [-0.05, 0) is 37.3 Å². The van der Waals surface area contributed by atoms with Crippen LogP contribution in [0.25, 0.3) is 17.0 Å². The molecular weight excluding hydrogens is 387 g/mol. The van der Waals surface area contributed by atoms with Crippen molar-refractivity contribution in [3.63, 3.8) is 0 Å². The molecule has 9 nitrogen and oxygen atoms in total. The molecule has 1 atom stereocenters. The Morgan fingerprint density at radius 1 is 1.27 bits per heavy atom. The van der Waals surface area contributed by atoms with Crippen LogP contribution in [0.3, 0.4) is 0 Å². The zero-order chi connectivity index (χ0) is 20.7.